The van der Waals surface area contributed by atoms with Crippen molar-refractivity contribution < 1.29 is 9.47 Å². The molecule has 2 rings (SSSR count). The summed E-state index contributed by atoms with van der Waals surface area (Å²) in [5.74, 6) is 1.48. The van der Waals surface area contributed by atoms with Crippen molar-refractivity contribution in [3.63, 3.8) is 0 Å². The molecule has 0 aromatic heterocycles. The molecule has 4 heteroatoms. The van der Waals surface area contributed by atoms with E-state index in [9.17, 15) is 0 Å². The number of nitrogens with zero attached hydrogens (tertiary/aromatic N) is 1. The Labute approximate surface area is 117 Å². The van der Waals surface area contributed by atoms with Crippen LogP contribution in [0, 0.1) is 11.3 Å². The monoisotopic (exact) mass is 273 g/mol. The van der Waals surface area contributed by atoms with Gasteiger partial charge in [-0.05, 0) is 48.5 Å². The second-order valence-corrected chi connectivity index (χ2v) is 4.22. The van der Waals surface area contributed by atoms with E-state index in [1.807, 2.05) is 12.1 Å². The molecule has 0 aliphatic rings. The lowest BCUT2D eigenvalue weighted by molar-refractivity contribution is 0.217. The zero-order chi connectivity index (χ0) is 13.5. The lowest BCUT2D eigenvalue weighted by Gasteiger charge is -2.08. The van der Waals surface area contributed by atoms with Crippen molar-refractivity contribution in [3.05, 3.63) is 59.1 Å². The van der Waals surface area contributed by atoms with Crippen LogP contribution in [0.1, 0.15) is 5.56 Å². The highest BCUT2D eigenvalue weighted by molar-refractivity contribution is 6.30. The van der Waals surface area contributed by atoms with Crippen LogP contribution in [0.25, 0.3) is 0 Å². The molecule has 0 N–H and O–H groups in total. The fourth-order valence-electron chi connectivity index (χ4n) is 1.48. The van der Waals surface area contributed by atoms with Crippen LogP contribution < -0.4 is 9.47 Å². The summed E-state index contributed by atoms with van der Waals surface area (Å²) >= 11 is 5.77. The lowest BCUT2D eigenvalue weighted by Crippen LogP contribution is -2.08. The van der Waals surface area contributed by atoms with E-state index in [0.717, 1.165) is 11.5 Å². The van der Waals surface area contributed by atoms with Crippen LogP contribution >= 0.6 is 11.6 Å². The summed E-state index contributed by atoms with van der Waals surface area (Å²) in [7, 11) is 0. The van der Waals surface area contributed by atoms with E-state index in [2.05, 4.69) is 6.07 Å². The van der Waals surface area contributed by atoms with Crippen LogP contribution in [0.4, 0.5) is 0 Å². The zero-order valence-corrected chi connectivity index (χ0v) is 10.9. The predicted octanol–water partition coefficient (Wildman–Crippen LogP) is 3.67. The van der Waals surface area contributed by atoms with Gasteiger partial charge in [-0.3, -0.25) is 0 Å². The molecule has 0 bridgehead atoms. The number of hydrogen-bond donors (Lipinski definition) is 0. The Morgan fingerprint density at radius 3 is 1.79 bits per heavy atom. The molecule has 0 saturated heterocycles. The van der Waals surface area contributed by atoms with Gasteiger partial charge in [-0.25, -0.2) is 0 Å². The molecule has 0 aliphatic carbocycles. The molecule has 96 valence electrons. The number of ether oxygens (including phenoxy) is 2. The van der Waals surface area contributed by atoms with E-state index in [-0.39, 0.29) is 0 Å². The minimum Gasteiger partial charge on any atom is -0.490 e. The van der Waals surface area contributed by atoms with Gasteiger partial charge in [0.2, 0.25) is 0 Å². The maximum atomic E-state index is 8.67. The second-order valence-electron chi connectivity index (χ2n) is 3.79. The van der Waals surface area contributed by atoms with Crippen LogP contribution in [-0.4, -0.2) is 13.2 Å². The van der Waals surface area contributed by atoms with Gasteiger partial charge in [0.15, 0.2) is 0 Å². The molecule has 2 aromatic rings. The Kier molecular flexibility index (Phi) is 4.66. The summed E-state index contributed by atoms with van der Waals surface area (Å²) in [4.78, 5) is 0. The van der Waals surface area contributed by atoms with E-state index >= 15 is 0 Å². The highest BCUT2D eigenvalue weighted by Gasteiger charge is 1.96. The second kappa shape index (κ2) is 6.67. The Hall–Kier alpha value is -2.18. The van der Waals surface area contributed by atoms with Crippen molar-refractivity contribution in [2.75, 3.05) is 13.2 Å². The van der Waals surface area contributed by atoms with E-state index in [1.54, 1.807) is 36.4 Å². The van der Waals surface area contributed by atoms with E-state index in [0.29, 0.717) is 23.8 Å². The van der Waals surface area contributed by atoms with Gasteiger partial charge in [0.1, 0.15) is 24.7 Å². The summed E-state index contributed by atoms with van der Waals surface area (Å²) in [6.07, 6.45) is 0. The number of halogens is 1. The molecule has 0 radical (unpaired) electrons. The Balaban J connectivity index is 1.74. The van der Waals surface area contributed by atoms with Crippen LogP contribution in [0.5, 0.6) is 11.5 Å². The average molecular weight is 274 g/mol. The molecule has 0 amide bonds. The van der Waals surface area contributed by atoms with E-state index < -0.39 is 0 Å². The largest absolute Gasteiger partial charge is 0.490 e. The fourth-order valence-corrected chi connectivity index (χ4v) is 1.60. The van der Waals surface area contributed by atoms with E-state index in [1.165, 1.54) is 0 Å². The molecule has 19 heavy (non-hydrogen) atoms. The van der Waals surface area contributed by atoms with Gasteiger partial charge in [0.25, 0.3) is 0 Å². The first-order chi connectivity index (χ1) is 9.28. The molecule has 0 heterocycles. The molecule has 0 fully saturated rings. The quantitative estimate of drug-likeness (QED) is 0.781. The summed E-state index contributed by atoms with van der Waals surface area (Å²) in [6, 6.07) is 16.2. The van der Waals surface area contributed by atoms with Crippen molar-refractivity contribution in [1.82, 2.24) is 0 Å². The van der Waals surface area contributed by atoms with Crippen LogP contribution in [0.2, 0.25) is 5.02 Å². The lowest BCUT2D eigenvalue weighted by atomic mass is 10.2. The Bertz CT molecular complexity index is 558. The molecule has 0 atom stereocenters. The highest BCUT2D eigenvalue weighted by atomic mass is 35.5. The van der Waals surface area contributed by atoms with E-state index in [4.69, 9.17) is 26.3 Å². The molecular weight excluding hydrogens is 262 g/mol. The third kappa shape index (κ3) is 4.20. The van der Waals surface area contributed by atoms with Gasteiger partial charge in [-0.1, -0.05) is 11.6 Å². The topological polar surface area (TPSA) is 42.2 Å². The molecule has 0 spiro atoms. The minimum atomic E-state index is 0.439. The van der Waals surface area contributed by atoms with Crippen molar-refractivity contribution in [2.24, 2.45) is 0 Å². The first kappa shape index (κ1) is 13.3. The van der Waals surface area contributed by atoms with Gasteiger partial charge < -0.3 is 9.47 Å². The fraction of sp³-hybridized carbons (Fsp3) is 0.133. The smallest absolute Gasteiger partial charge is 0.122 e. The van der Waals surface area contributed by atoms with Crippen molar-refractivity contribution in [1.29, 1.82) is 5.26 Å². The molecule has 3 nitrogen and oxygen atoms in total. The standard InChI is InChI=1S/C15H12ClNO2/c16-13-3-7-15(8-4-13)19-10-9-18-14-5-1-12(11-17)2-6-14/h1-8H,9-10H2. The third-order valence-electron chi connectivity index (χ3n) is 2.42. The highest BCUT2D eigenvalue weighted by Crippen LogP contribution is 2.15. The molecule has 0 saturated carbocycles. The third-order valence-corrected chi connectivity index (χ3v) is 2.67. The van der Waals surface area contributed by atoms with Crippen LogP contribution in [-0.2, 0) is 0 Å². The number of rotatable bonds is 5. The van der Waals surface area contributed by atoms with Crippen molar-refractivity contribution in [3.8, 4) is 17.6 Å². The van der Waals surface area contributed by atoms with Crippen LogP contribution in [0.3, 0.4) is 0 Å². The number of benzene rings is 2. The van der Waals surface area contributed by atoms with Gasteiger partial charge in [0, 0.05) is 5.02 Å². The predicted molar refractivity (Wildman–Crippen MR) is 73.6 cm³/mol. The summed E-state index contributed by atoms with van der Waals surface area (Å²) < 4.78 is 11.0. The SMILES string of the molecule is N#Cc1ccc(OCCOc2ccc(Cl)cc2)cc1. The Morgan fingerprint density at radius 2 is 1.32 bits per heavy atom. The zero-order valence-electron chi connectivity index (χ0n) is 10.2. The summed E-state index contributed by atoms with van der Waals surface area (Å²) in [5.41, 5.74) is 0.616. The molecular formula is C15H12ClNO2. The van der Waals surface area contributed by atoms with Gasteiger partial charge in [-0.15, -0.1) is 0 Å². The molecule has 2 aromatic carbocycles. The van der Waals surface area contributed by atoms with Crippen molar-refractivity contribution in [2.45, 2.75) is 0 Å². The first-order valence-corrected chi connectivity index (χ1v) is 6.17. The van der Waals surface area contributed by atoms with Gasteiger partial charge in [0.05, 0.1) is 11.6 Å². The van der Waals surface area contributed by atoms with Crippen LogP contribution in [0.15, 0.2) is 48.5 Å². The van der Waals surface area contributed by atoms with Crippen molar-refractivity contribution >= 4 is 11.6 Å². The maximum absolute atomic E-state index is 8.67. The normalized spacial score (nSPS) is 9.68. The number of nitriles is 1. The summed E-state index contributed by atoms with van der Waals surface area (Å²) in [5, 5.41) is 9.35. The number of hydrogen-bond acceptors (Lipinski definition) is 3. The Morgan fingerprint density at radius 1 is 0.842 bits per heavy atom. The molecule has 0 aliphatic heterocycles. The van der Waals surface area contributed by atoms with Gasteiger partial charge >= 0.3 is 0 Å². The average Bonchev–Trinajstić information content (AvgIpc) is 2.46. The van der Waals surface area contributed by atoms with Gasteiger partial charge in [-0.2, -0.15) is 5.26 Å². The summed E-state index contributed by atoms with van der Waals surface area (Å²) in [6.45, 7) is 0.885. The first-order valence-electron chi connectivity index (χ1n) is 5.79. The molecule has 0 unspecified atom stereocenters. The minimum absolute atomic E-state index is 0.439. The maximum Gasteiger partial charge on any atom is 0.122 e.